The van der Waals surface area contributed by atoms with Crippen molar-refractivity contribution in [2.24, 2.45) is 5.10 Å². The Balaban J connectivity index is 1.96. The number of nitrogens with one attached hydrogen (secondary N) is 1. The second kappa shape index (κ2) is 9.65. The number of aromatic nitrogens is 1. The van der Waals surface area contributed by atoms with Gasteiger partial charge in [0.25, 0.3) is 5.91 Å². The molecule has 134 valence electrons. The number of nitriles is 1. The van der Waals surface area contributed by atoms with Crippen LogP contribution in [0.5, 0.6) is 5.88 Å². The predicted octanol–water partition coefficient (Wildman–Crippen LogP) is 2.70. The van der Waals surface area contributed by atoms with Crippen molar-refractivity contribution < 1.29 is 14.3 Å². The van der Waals surface area contributed by atoms with Gasteiger partial charge in [0.1, 0.15) is 11.6 Å². The number of hydrazone groups is 1. The first kappa shape index (κ1) is 19.6. The third-order valence-electron chi connectivity index (χ3n) is 3.22. The lowest BCUT2D eigenvalue weighted by Gasteiger charge is -2.10. The van der Waals surface area contributed by atoms with Crippen LogP contribution in [0, 0.1) is 18.3 Å². The number of carbonyl (C=O) groups excluding carboxylic acids is 1. The van der Waals surface area contributed by atoms with Crippen molar-refractivity contribution in [2.75, 3.05) is 13.7 Å². The van der Waals surface area contributed by atoms with E-state index in [1.807, 2.05) is 30.3 Å². The Morgan fingerprint density at radius 1 is 1.42 bits per heavy atom. The van der Waals surface area contributed by atoms with Crippen LogP contribution in [0.15, 0.2) is 39.9 Å². The van der Waals surface area contributed by atoms with Gasteiger partial charge in [-0.15, -0.1) is 0 Å². The smallest absolute Gasteiger partial charge is 0.278 e. The standard InChI is InChI=1S/C18H17BrN4O3/c1-12-7-14(10-25-2)16(8-20)18(22-12)26-11-17(24)23-21-9-13-3-5-15(19)6-4-13/h3-7,9H,10-11H2,1-2H3,(H,23,24)/b21-9-. The van der Waals surface area contributed by atoms with Gasteiger partial charge in [0.2, 0.25) is 5.88 Å². The van der Waals surface area contributed by atoms with Gasteiger partial charge in [0, 0.05) is 22.8 Å². The summed E-state index contributed by atoms with van der Waals surface area (Å²) in [4.78, 5) is 16.0. The third kappa shape index (κ3) is 5.65. The molecule has 8 heteroatoms. The van der Waals surface area contributed by atoms with Crippen molar-refractivity contribution in [2.45, 2.75) is 13.5 Å². The quantitative estimate of drug-likeness (QED) is 0.552. The van der Waals surface area contributed by atoms with E-state index in [2.05, 4.69) is 31.4 Å². The number of ether oxygens (including phenoxy) is 2. The first-order valence-electron chi connectivity index (χ1n) is 7.63. The molecule has 0 saturated carbocycles. The largest absolute Gasteiger partial charge is 0.467 e. The average Bonchev–Trinajstić information content (AvgIpc) is 2.62. The van der Waals surface area contributed by atoms with E-state index in [0.29, 0.717) is 11.3 Å². The molecule has 1 amide bonds. The maximum absolute atomic E-state index is 11.9. The summed E-state index contributed by atoms with van der Waals surface area (Å²) >= 11 is 3.34. The number of benzene rings is 1. The molecule has 0 radical (unpaired) electrons. The van der Waals surface area contributed by atoms with Gasteiger partial charge in [-0.3, -0.25) is 4.79 Å². The van der Waals surface area contributed by atoms with Crippen LogP contribution in [0.1, 0.15) is 22.4 Å². The van der Waals surface area contributed by atoms with Gasteiger partial charge in [-0.05, 0) is 30.7 Å². The van der Waals surface area contributed by atoms with E-state index in [-0.39, 0.29) is 24.7 Å². The molecular formula is C18H17BrN4O3. The number of amides is 1. The molecule has 1 heterocycles. The highest BCUT2D eigenvalue weighted by Crippen LogP contribution is 2.21. The normalized spacial score (nSPS) is 10.5. The summed E-state index contributed by atoms with van der Waals surface area (Å²) in [5.41, 5.74) is 4.78. The van der Waals surface area contributed by atoms with E-state index < -0.39 is 5.91 Å². The number of pyridine rings is 1. The zero-order valence-electron chi connectivity index (χ0n) is 14.3. The Bertz CT molecular complexity index is 845. The Morgan fingerprint density at radius 3 is 2.81 bits per heavy atom. The zero-order chi connectivity index (χ0) is 18.9. The minimum atomic E-state index is -0.459. The molecule has 7 nitrogen and oxygen atoms in total. The topological polar surface area (TPSA) is 96.6 Å². The van der Waals surface area contributed by atoms with Crippen LogP contribution >= 0.6 is 15.9 Å². The fourth-order valence-electron chi connectivity index (χ4n) is 2.10. The lowest BCUT2D eigenvalue weighted by molar-refractivity contribution is -0.123. The number of hydrogen-bond donors (Lipinski definition) is 1. The van der Waals surface area contributed by atoms with E-state index in [0.717, 1.165) is 10.0 Å². The van der Waals surface area contributed by atoms with E-state index in [9.17, 15) is 10.1 Å². The van der Waals surface area contributed by atoms with Crippen LogP contribution in [-0.2, 0) is 16.1 Å². The SMILES string of the molecule is COCc1cc(C)nc(OCC(=O)N/N=C\c2ccc(Br)cc2)c1C#N. The van der Waals surface area contributed by atoms with Gasteiger partial charge in [-0.2, -0.15) is 10.4 Å². The van der Waals surface area contributed by atoms with Crippen LogP contribution in [0.3, 0.4) is 0 Å². The lowest BCUT2D eigenvalue weighted by Crippen LogP contribution is -2.25. The van der Waals surface area contributed by atoms with Crippen LogP contribution in [0.2, 0.25) is 0 Å². The summed E-state index contributed by atoms with van der Waals surface area (Å²) in [6.45, 7) is 1.72. The second-order valence-corrected chi connectivity index (χ2v) is 6.20. The molecule has 2 rings (SSSR count). The average molecular weight is 417 g/mol. The number of aryl methyl sites for hydroxylation is 1. The minimum Gasteiger partial charge on any atom is -0.467 e. The fourth-order valence-corrected chi connectivity index (χ4v) is 2.36. The molecule has 0 atom stereocenters. The van der Waals surface area contributed by atoms with Gasteiger partial charge in [0.15, 0.2) is 6.61 Å². The maximum atomic E-state index is 11.9. The summed E-state index contributed by atoms with van der Waals surface area (Å²) in [5.74, 6) is -0.356. The number of nitrogens with zero attached hydrogens (tertiary/aromatic N) is 3. The Labute approximate surface area is 159 Å². The van der Waals surface area contributed by atoms with Gasteiger partial charge >= 0.3 is 0 Å². The first-order chi connectivity index (χ1) is 12.5. The molecule has 0 spiro atoms. The number of methoxy groups -OCH3 is 1. The molecule has 0 bridgehead atoms. The molecule has 0 fully saturated rings. The van der Waals surface area contributed by atoms with Gasteiger partial charge in [0.05, 0.1) is 12.8 Å². The van der Waals surface area contributed by atoms with E-state index in [1.54, 1.807) is 13.0 Å². The molecule has 0 unspecified atom stereocenters. The summed E-state index contributed by atoms with van der Waals surface area (Å²) in [7, 11) is 1.54. The van der Waals surface area contributed by atoms with Crippen LogP contribution in [0.4, 0.5) is 0 Å². The van der Waals surface area contributed by atoms with Gasteiger partial charge in [-0.25, -0.2) is 10.4 Å². The van der Waals surface area contributed by atoms with Crippen LogP contribution in [-0.4, -0.2) is 30.8 Å². The Kier molecular flexibility index (Phi) is 7.26. The van der Waals surface area contributed by atoms with Crippen LogP contribution in [0.25, 0.3) is 0 Å². The van der Waals surface area contributed by atoms with Gasteiger partial charge < -0.3 is 9.47 Å². The number of halogens is 1. The zero-order valence-corrected chi connectivity index (χ0v) is 15.9. The summed E-state index contributed by atoms with van der Waals surface area (Å²) < 4.78 is 11.4. The van der Waals surface area contributed by atoms with Crippen molar-refractivity contribution in [3.63, 3.8) is 0 Å². The summed E-state index contributed by atoms with van der Waals surface area (Å²) in [5, 5.41) is 13.2. The number of carbonyl (C=O) groups is 1. The van der Waals surface area contributed by atoms with Crippen molar-refractivity contribution in [3.8, 4) is 11.9 Å². The monoisotopic (exact) mass is 416 g/mol. The highest BCUT2D eigenvalue weighted by molar-refractivity contribution is 9.10. The van der Waals surface area contributed by atoms with E-state index in [1.165, 1.54) is 13.3 Å². The van der Waals surface area contributed by atoms with Crippen molar-refractivity contribution in [1.29, 1.82) is 5.26 Å². The highest BCUT2D eigenvalue weighted by atomic mass is 79.9. The minimum absolute atomic E-state index is 0.103. The first-order valence-corrected chi connectivity index (χ1v) is 8.42. The lowest BCUT2D eigenvalue weighted by atomic mass is 10.1. The molecule has 2 aromatic rings. The molecule has 0 aliphatic carbocycles. The molecule has 0 aliphatic heterocycles. The Hall–Kier alpha value is -2.76. The maximum Gasteiger partial charge on any atom is 0.278 e. The number of hydrogen-bond acceptors (Lipinski definition) is 6. The summed E-state index contributed by atoms with van der Waals surface area (Å²) in [6.07, 6.45) is 1.52. The fraction of sp³-hybridized carbons (Fsp3) is 0.222. The third-order valence-corrected chi connectivity index (χ3v) is 3.75. The Morgan fingerprint density at radius 2 is 2.15 bits per heavy atom. The molecule has 0 aliphatic rings. The van der Waals surface area contributed by atoms with E-state index in [4.69, 9.17) is 9.47 Å². The highest BCUT2D eigenvalue weighted by Gasteiger charge is 2.14. The van der Waals surface area contributed by atoms with Crippen molar-refractivity contribution in [3.05, 3.63) is 57.2 Å². The molecule has 1 N–H and O–H groups in total. The van der Waals surface area contributed by atoms with Crippen molar-refractivity contribution in [1.82, 2.24) is 10.4 Å². The second-order valence-electron chi connectivity index (χ2n) is 5.28. The summed E-state index contributed by atoms with van der Waals surface area (Å²) in [6, 6.07) is 11.2. The van der Waals surface area contributed by atoms with E-state index >= 15 is 0 Å². The van der Waals surface area contributed by atoms with Crippen molar-refractivity contribution >= 4 is 28.1 Å². The molecule has 0 saturated heterocycles. The van der Waals surface area contributed by atoms with Gasteiger partial charge in [-0.1, -0.05) is 28.1 Å². The molecular weight excluding hydrogens is 400 g/mol. The van der Waals surface area contributed by atoms with Crippen LogP contribution < -0.4 is 10.2 Å². The number of rotatable bonds is 7. The predicted molar refractivity (Wildman–Crippen MR) is 99.8 cm³/mol. The molecule has 1 aromatic carbocycles. The molecule has 26 heavy (non-hydrogen) atoms. The molecule has 1 aromatic heterocycles.